The topological polar surface area (TPSA) is 43.4 Å². The Kier molecular flexibility index (Phi) is 1.63. The number of ether oxygens (including phenoxy) is 1. The van der Waals surface area contributed by atoms with Crippen molar-refractivity contribution >= 4 is 23.3 Å². The van der Waals surface area contributed by atoms with Crippen molar-refractivity contribution in [1.82, 2.24) is 0 Å². The van der Waals surface area contributed by atoms with E-state index in [0.29, 0.717) is 18.6 Å². The zero-order valence-electron chi connectivity index (χ0n) is 9.06. The Hall–Kier alpha value is -1.13. The van der Waals surface area contributed by atoms with Crippen molar-refractivity contribution in [2.45, 2.75) is 16.8 Å². The quantitative estimate of drug-likeness (QED) is 0.651. The van der Waals surface area contributed by atoms with Gasteiger partial charge in [-0.3, -0.25) is 9.59 Å². The first-order valence-corrected chi connectivity index (χ1v) is 6.66. The molecule has 0 N–H and O–H groups in total. The highest BCUT2D eigenvalue weighted by Gasteiger charge is 2.79. The third-order valence-corrected chi connectivity index (χ3v) is 5.54. The van der Waals surface area contributed by atoms with Crippen LogP contribution in [-0.2, 0) is 14.3 Å². The van der Waals surface area contributed by atoms with E-state index in [1.54, 1.807) is 17.8 Å². The highest BCUT2D eigenvalue weighted by Crippen LogP contribution is 2.71. The molecule has 2 fully saturated rings. The molecule has 0 radical (unpaired) electrons. The Balaban J connectivity index is 2.01. The third kappa shape index (κ3) is 0.915. The molecule has 1 aromatic carbocycles. The largest absolute Gasteiger partial charge is 0.364 e. The number of hydrogen-bond acceptors (Lipinski definition) is 4. The molecule has 0 bridgehead atoms. The number of fused-ring (bicyclic) bond motifs is 1. The van der Waals surface area contributed by atoms with Crippen LogP contribution in [0.3, 0.4) is 0 Å². The van der Waals surface area contributed by atoms with Gasteiger partial charge in [-0.1, -0.05) is 24.3 Å². The standard InChI is InChI=1S/C13H10O3S/c14-10-8-3-1-2-4-9(8)13-7-12(13,11(10)15)16-5-6-17-13/h1-4H,5-7H2/t12?,13-/m0/s1. The SMILES string of the molecule is O=C1C(=O)C23C[C@]2(SCCO3)c2ccccc21. The van der Waals surface area contributed by atoms with E-state index in [-0.39, 0.29) is 16.3 Å². The molecule has 1 saturated heterocycles. The van der Waals surface area contributed by atoms with Crippen molar-refractivity contribution < 1.29 is 14.3 Å². The van der Waals surface area contributed by atoms with E-state index in [4.69, 9.17) is 4.74 Å². The Morgan fingerprint density at radius 1 is 1.24 bits per heavy atom. The minimum atomic E-state index is -0.832. The maximum Gasteiger partial charge on any atom is 0.236 e. The van der Waals surface area contributed by atoms with Gasteiger partial charge in [0.05, 0.1) is 11.4 Å². The summed E-state index contributed by atoms with van der Waals surface area (Å²) in [7, 11) is 0. The van der Waals surface area contributed by atoms with Crippen LogP contribution < -0.4 is 0 Å². The van der Waals surface area contributed by atoms with Crippen molar-refractivity contribution in [1.29, 1.82) is 0 Å². The number of thioether (sulfide) groups is 1. The molecule has 3 nitrogen and oxygen atoms in total. The van der Waals surface area contributed by atoms with Gasteiger partial charge in [0, 0.05) is 17.7 Å². The van der Waals surface area contributed by atoms with Crippen LogP contribution in [0.4, 0.5) is 0 Å². The summed E-state index contributed by atoms with van der Waals surface area (Å²) in [4.78, 5) is 24.3. The van der Waals surface area contributed by atoms with Crippen LogP contribution in [0.1, 0.15) is 22.3 Å². The second-order valence-electron chi connectivity index (χ2n) is 4.73. The molecule has 1 saturated carbocycles. The maximum atomic E-state index is 12.2. The molecule has 0 spiro atoms. The Morgan fingerprint density at radius 2 is 2.06 bits per heavy atom. The van der Waals surface area contributed by atoms with Gasteiger partial charge in [0.25, 0.3) is 0 Å². The van der Waals surface area contributed by atoms with Gasteiger partial charge < -0.3 is 4.74 Å². The monoisotopic (exact) mass is 246 g/mol. The number of carbonyl (C=O) groups is 2. The molecular formula is C13H10O3S. The molecule has 17 heavy (non-hydrogen) atoms. The van der Waals surface area contributed by atoms with Crippen LogP contribution >= 0.6 is 11.8 Å². The second kappa shape index (κ2) is 2.82. The van der Waals surface area contributed by atoms with E-state index in [9.17, 15) is 9.59 Å². The molecule has 1 aliphatic heterocycles. The number of hydrogen-bond donors (Lipinski definition) is 0. The first-order valence-electron chi connectivity index (χ1n) is 5.68. The molecule has 2 aliphatic carbocycles. The fraction of sp³-hybridized carbons (Fsp3) is 0.385. The van der Waals surface area contributed by atoms with Crippen LogP contribution in [0.2, 0.25) is 0 Å². The van der Waals surface area contributed by atoms with Crippen molar-refractivity contribution in [2.24, 2.45) is 0 Å². The summed E-state index contributed by atoms with van der Waals surface area (Å²) < 4.78 is 5.41. The average molecular weight is 246 g/mol. The van der Waals surface area contributed by atoms with Gasteiger partial charge >= 0.3 is 0 Å². The van der Waals surface area contributed by atoms with Crippen LogP contribution in [0, 0.1) is 0 Å². The van der Waals surface area contributed by atoms with E-state index < -0.39 is 5.60 Å². The van der Waals surface area contributed by atoms with E-state index >= 15 is 0 Å². The van der Waals surface area contributed by atoms with Crippen molar-refractivity contribution in [3.63, 3.8) is 0 Å². The zero-order valence-corrected chi connectivity index (χ0v) is 9.88. The van der Waals surface area contributed by atoms with E-state index in [0.717, 1.165) is 11.3 Å². The zero-order chi connectivity index (χ0) is 11.7. The lowest BCUT2D eigenvalue weighted by Gasteiger charge is -2.33. The molecular weight excluding hydrogens is 236 g/mol. The summed E-state index contributed by atoms with van der Waals surface area (Å²) in [5.41, 5.74) is 0.736. The Labute approximate surface area is 103 Å². The molecule has 1 unspecified atom stereocenters. The molecule has 0 aromatic heterocycles. The van der Waals surface area contributed by atoms with Crippen LogP contribution in [0.15, 0.2) is 24.3 Å². The van der Waals surface area contributed by atoms with Crippen molar-refractivity contribution in [2.75, 3.05) is 12.4 Å². The number of benzene rings is 1. The van der Waals surface area contributed by atoms with E-state index in [1.165, 1.54) is 0 Å². The van der Waals surface area contributed by atoms with Gasteiger partial charge in [-0.2, -0.15) is 0 Å². The lowest BCUT2D eigenvalue weighted by Crippen LogP contribution is -2.46. The summed E-state index contributed by atoms with van der Waals surface area (Å²) in [5.74, 6) is 0.164. The summed E-state index contributed by atoms with van der Waals surface area (Å²) in [6, 6.07) is 7.45. The van der Waals surface area contributed by atoms with Gasteiger partial charge in [0.15, 0.2) is 5.60 Å². The van der Waals surface area contributed by atoms with Crippen LogP contribution in [-0.4, -0.2) is 29.5 Å². The minimum Gasteiger partial charge on any atom is -0.364 e. The molecule has 1 aromatic rings. The fourth-order valence-corrected chi connectivity index (χ4v) is 4.67. The van der Waals surface area contributed by atoms with Gasteiger partial charge in [-0.15, -0.1) is 11.8 Å². The molecule has 4 rings (SSSR count). The second-order valence-corrected chi connectivity index (χ2v) is 6.13. The smallest absolute Gasteiger partial charge is 0.236 e. The predicted molar refractivity (Wildman–Crippen MR) is 63.2 cm³/mol. The number of carbonyl (C=O) groups excluding carboxylic acids is 2. The van der Waals surface area contributed by atoms with Gasteiger partial charge in [-0.05, 0) is 5.56 Å². The number of ketones is 2. The first kappa shape index (κ1) is 9.85. The van der Waals surface area contributed by atoms with Gasteiger partial charge in [0.2, 0.25) is 11.6 Å². The van der Waals surface area contributed by atoms with Gasteiger partial charge in [-0.25, -0.2) is 0 Å². The Bertz CT molecular complexity index is 568. The maximum absolute atomic E-state index is 12.2. The molecule has 3 aliphatic rings. The van der Waals surface area contributed by atoms with Crippen molar-refractivity contribution in [3.05, 3.63) is 35.4 Å². The Morgan fingerprint density at radius 3 is 2.94 bits per heavy atom. The lowest BCUT2D eigenvalue weighted by molar-refractivity contribution is -0.129. The molecule has 86 valence electrons. The first-order chi connectivity index (χ1) is 8.21. The summed E-state index contributed by atoms with van der Waals surface area (Å²) >= 11 is 1.76. The lowest BCUT2D eigenvalue weighted by atomic mass is 9.87. The molecule has 1 heterocycles. The summed E-state index contributed by atoms with van der Waals surface area (Å²) in [5, 5.41) is 0. The highest BCUT2D eigenvalue weighted by molar-refractivity contribution is 8.00. The summed E-state index contributed by atoms with van der Waals surface area (Å²) in [6.07, 6.45) is 0.659. The number of rotatable bonds is 0. The van der Waals surface area contributed by atoms with Gasteiger partial charge in [0.1, 0.15) is 0 Å². The molecule has 2 atom stereocenters. The third-order valence-electron chi connectivity index (χ3n) is 3.99. The van der Waals surface area contributed by atoms with Crippen LogP contribution in [0.5, 0.6) is 0 Å². The average Bonchev–Trinajstić information content (AvgIpc) is 3.08. The predicted octanol–water partition coefficient (Wildman–Crippen LogP) is 1.55. The van der Waals surface area contributed by atoms with E-state index in [2.05, 4.69) is 0 Å². The highest BCUT2D eigenvalue weighted by atomic mass is 32.2. The molecule has 4 heteroatoms. The van der Waals surface area contributed by atoms with E-state index in [1.807, 2.05) is 18.2 Å². The molecule has 0 amide bonds. The van der Waals surface area contributed by atoms with Crippen molar-refractivity contribution in [3.8, 4) is 0 Å². The summed E-state index contributed by atoms with van der Waals surface area (Å²) in [6.45, 7) is 0.563. The number of Topliss-reactive ketones (excluding diaryl/α,β-unsaturated/α-hetero) is 2. The normalized spacial score (nSPS) is 38.1. The minimum absolute atomic E-state index is 0.271. The van der Waals surface area contributed by atoms with Crippen LogP contribution in [0.25, 0.3) is 0 Å². The fourth-order valence-electron chi connectivity index (χ4n) is 3.13.